The smallest absolute Gasteiger partial charge is 0.180 e. The summed E-state index contributed by atoms with van der Waals surface area (Å²) in [6.45, 7) is 0. The van der Waals surface area contributed by atoms with Crippen LogP contribution in [0.15, 0.2) is 72.1 Å². The zero-order valence-corrected chi connectivity index (χ0v) is 11.6. The lowest BCUT2D eigenvalue weighted by Crippen LogP contribution is -1.82. The van der Waals surface area contributed by atoms with Crippen molar-refractivity contribution in [1.82, 2.24) is 0 Å². The SMILES string of the molecule is c1csc(Oc2ccc3cc4ccccc4cc3c2)c1. The van der Waals surface area contributed by atoms with Crippen molar-refractivity contribution in [3.05, 3.63) is 72.1 Å². The van der Waals surface area contributed by atoms with Gasteiger partial charge in [0.05, 0.1) is 0 Å². The lowest BCUT2D eigenvalue weighted by atomic mass is 10.0. The molecule has 20 heavy (non-hydrogen) atoms. The molecular formula is C18H12OS. The lowest BCUT2D eigenvalue weighted by molar-refractivity contribution is 0.497. The molecule has 0 amide bonds. The summed E-state index contributed by atoms with van der Waals surface area (Å²) in [6.07, 6.45) is 0. The Labute approximate surface area is 121 Å². The molecule has 3 aromatic carbocycles. The van der Waals surface area contributed by atoms with E-state index < -0.39 is 0 Å². The van der Waals surface area contributed by atoms with E-state index in [1.54, 1.807) is 11.3 Å². The third kappa shape index (κ3) is 2.04. The first-order chi connectivity index (χ1) is 9.88. The maximum atomic E-state index is 5.86. The first-order valence-electron chi connectivity index (χ1n) is 6.52. The number of thiophene rings is 1. The van der Waals surface area contributed by atoms with Crippen LogP contribution in [0.4, 0.5) is 0 Å². The van der Waals surface area contributed by atoms with Crippen molar-refractivity contribution in [2.75, 3.05) is 0 Å². The normalized spacial score (nSPS) is 11.0. The molecule has 0 fully saturated rings. The summed E-state index contributed by atoms with van der Waals surface area (Å²) in [5.41, 5.74) is 0. The minimum absolute atomic E-state index is 0.884. The van der Waals surface area contributed by atoms with E-state index in [9.17, 15) is 0 Å². The quantitative estimate of drug-likeness (QED) is 0.417. The van der Waals surface area contributed by atoms with Crippen LogP contribution in [0.2, 0.25) is 0 Å². The van der Waals surface area contributed by atoms with Gasteiger partial charge in [0, 0.05) is 0 Å². The highest BCUT2D eigenvalue weighted by Gasteiger charge is 2.02. The molecule has 0 saturated heterocycles. The van der Waals surface area contributed by atoms with Crippen LogP contribution in [0.5, 0.6) is 10.8 Å². The van der Waals surface area contributed by atoms with Gasteiger partial charge in [-0.2, -0.15) is 0 Å². The summed E-state index contributed by atoms with van der Waals surface area (Å²) < 4.78 is 5.86. The van der Waals surface area contributed by atoms with Gasteiger partial charge in [-0.3, -0.25) is 0 Å². The molecule has 0 aliphatic heterocycles. The van der Waals surface area contributed by atoms with Crippen molar-refractivity contribution in [3.63, 3.8) is 0 Å². The molecule has 1 nitrogen and oxygen atoms in total. The van der Waals surface area contributed by atoms with E-state index in [-0.39, 0.29) is 0 Å². The molecule has 0 saturated carbocycles. The van der Waals surface area contributed by atoms with Crippen LogP contribution in [0.3, 0.4) is 0 Å². The second kappa shape index (κ2) is 4.66. The predicted molar refractivity (Wildman–Crippen MR) is 85.8 cm³/mol. The molecule has 4 aromatic rings. The van der Waals surface area contributed by atoms with Crippen molar-refractivity contribution >= 4 is 32.9 Å². The second-order valence-corrected chi connectivity index (χ2v) is 5.65. The molecule has 0 radical (unpaired) electrons. The van der Waals surface area contributed by atoms with Crippen molar-refractivity contribution < 1.29 is 4.74 Å². The Morgan fingerprint density at radius 2 is 1.40 bits per heavy atom. The molecule has 0 spiro atoms. The first kappa shape index (κ1) is 11.5. The lowest BCUT2D eigenvalue weighted by Gasteiger charge is -2.06. The summed E-state index contributed by atoms with van der Waals surface area (Å²) in [7, 11) is 0. The topological polar surface area (TPSA) is 9.23 Å². The summed E-state index contributed by atoms with van der Waals surface area (Å²) >= 11 is 1.60. The van der Waals surface area contributed by atoms with Gasteiger partial charge in [0.25, 0.3) is 0 Å². The minimum atomic E-state index is 0.884. The highest BCUT2D eigenvalue weighted by Crippen LogP contribution is 2.30. The van der Waals surface area contributed by atoms with Crippen LogP contribution in [-0.4, -0.2) is 0 Å². The molecule has 2 heteroatoms. The Balaban J connectivity index is 1.83. The Bertz CT molecular complexity index is 878. The van der Waals surface area contributed by atoms with Crippen LogP contribution < -0.4 is 4.74 Å². The van der Waals surface area contributed by atoms with Crippen LogP contribution >= 0.6 is 11.3 Å². The fourth-order valence-corrected chi connectivity index (χ4v) is 3.01. The van der Waals surface area contributed by atoms with Crippen molar-refractivity contribution in [2.24, 2.45) is 0 Å². The molecular weight excluding hydrogens is 264 g/mol. The van der Waals surface area contributed by atoms with Crippen LogP contribution in [0.25, 0.3) is 21.5 Å². The maximum Gasteiger partial charge on any atom is 0.180 e. The average molecular weight is 276 g/mol. The van der Waals surface area contributed by atoms with E-state index >= 15 is 0 Å². The second-order valence-electron chi connectivity index (χ2n) is 4.74. The van der Waals surface area contributed by atoms with Gasteiger partial charge in [-0.1, -0.05) is 30.3 Å². The van der Waals surface area contributed by atoms with E-state index in [2.05, 4.69) is 48.5 Å². The molecule has 4 rings (SSSR count). The highest BCUT2D eigenvalue weighted by atomic mass is 32.1. The van der Waals surface area contributed by atoms with E-state index in [0.717, 1.165) is 10.8 Å². The predicted octanol–water partition coefficient (Wildman–Crippen LogP) is 5.85. The van der Waals surface area contributed by atoms with E-state index in [1.165, 1.54) is 21.5 Å². The van der Waals surface area contributed by atoms with Gasteiger partial charge in [0.15, 0.2) is 5.06 Å². The molecule has 0 aliphatic carbocycles. The van der Waals surface area contributed by atoms with Gasteiger partial charge in [0.2, 0.25) is 0 Å². The van der Waals surface area contributed by atoms with Crippen molar-refractivity contribution in [1.29, 1.82) is 0 Å². The number of ether oxygens (including phenoxy) is 1. The molecule has 96 valence electrons. The molecule has 0 atom stereocenters. The number of rotatable bonds is 2. The maximum absolute atomic E-state index is 5.86. The van der Waals surface area contributed by atoms with Crippen LogP contribution in [0.1, 0.15) is 0 Å². The largest absolute Gasteiger partial charge is 0.447 e. The fraction of sp³-hybridized carbons (Fsp3) is 0. The Morgan fingerprint density at radius 1 is 0.650 bits per heavy atom. The summed E-state index contributed by atoms with van der Waals surface area (Å²) in [4.78, 5) is 0. The minimum Gasteiger partial charge on any atom is -0.447 e. The van der Waals surface area contributed by atoms with E-state index in [4.69, 9.17) is 4.74 Å². The van der Waals surface area contributed by atoms with Gasteiger partial charge in [-0.25, -0.2) is 0 Å². The Hall–Kier alpha value is -2.32. The Morgan fingerprint density at radius 3 is 2.15 bits per heavy atom. The van der Waals surface area contributed by atoms with Gasteiger partial charge in [-0.15, -0.1) is 11.3 Å². The van der Waals surface area contributed by atoms with Gasteiger partial charge < -0.3 is 4.74 Å². The Kier molecular flexibility index (Phi) is 2.68. The van der Waals surface area contributed by atoms with E-state index in [1.807, 2.05) is 23.6 Å². The molecule has 0 aliphatic rings. The van der Waals surface area contributed by atoms with Crippen LogP contribution in [-0.2, 0) is 0 Å². The monoisotopic (exact) mass is 276 g/mol. The fourth-order valence-electron chi connectivity index (χ4n) is 2.42. The van der Waals surface area contributed by atoms with Gasteiger partial charge in [-0.05, 0) is 63.3 Å². The zero-order valence-electron chi connectivity index (χ0n) is 10.7. The van der Waals surface area contributed by atoms with Crippen molar-refractivity contribution in [3.8, 4) is 10.8 Å². The first-order valence-corrected chi connectivity index (χ1v) is 7.40. The number of hydrogen-bond donors (Lipinski definition) is 0. The third-order valence-corrected chi connectivity index (χ3v) is 4.13. The molecule has 0 bridgehead atoms. The average Bonchev–Trinajstić information content (AvgIpc) is 2.98. The standard InChI is InChI=1S/C18H12OS/c1-2-5-14-11-16-12-17(19-18-6-3-9-20-18)8-7-15(16)10-13(14)4-1/h1-12H. The summed E-state index contributed by atoms with van der Waals surface area (Å²) in [6, 6.07) is 23.1. The van der Waals surface area contributed by atoms with Crippen molar-refractivity contribution in [2.45, 2.75) is 0 Å². The van der Waals surface area contributed by atoms with E-state index in [0.29, 0.717) is 0 Å². The number of benzene rings is 3. The number of hydrogen-bond acceptors (Lipinski definition) is 2. The zero-order chi connectivity index (χ0) is 13.4. The summed E-state index contributed by atoms with van der Waals surface area (Å²) in [5, 5.41) is 7.91. The molecule has 1 heterocycles. The third-order valence-electron chi connectivity index (χ3n) is 3.39. The molecule has 1 aromatic heterocycles. The molecule has 0 unspecified atom stereocenters. The van der Waals surface area contributed by atoms with Crippen LogP contribution in [0, 0.1) is 0 Å². The highest BCUT2D eigenvalue weighted by molar-refractivity contribution is 7.11. The number of fused-ring (bicyclic) bond motifs is 2. The van der Waals surface area contributed by atoms with Gasteiger partial charge in [0.1, 0.15) is 5.75 Å². The van der Waals surface area contributed by atoms with Gasteiger partial charge >= 0.3 is 0 Å². The molecule has 0 N–H and O–H groups in total. The summed E-state index contributed by atoms with van der Waals surface area (Å²) in [5.74, 6) is 0.884.